The second kappa shape index (κ2) is 5.27. The van der Waals surface area contributed by atoms with E-state index in [1.54, 1.807) is 13.0 Å². The molecule has 1 aliphatic heterocycles. The summed E-state index contributed by atoms with van der Waals surface area (Å²) in [5.74, 6) is -1.53. The van der Waals surface area contributed by atoms with Crippen LogP contribution in [0.5, 0.6) is 5.75 Å². The minimum atomic E-state index is -1.11. The van der Waals surface area contributed by atoms with Gasteiger partial charge in [0.15, 0.2) is 11.5 Å². The van der Waals surface area contributed by atoms with E-state index in [1.807, 2.05) is 0 Å². The first-order chi connectivity index (χ1) is 8.99. The predicted molar refractivity (Wildman–Crippen MR) is 64.6 cm³/mol. The standard InChI is InChI=1S/C11H11NO6S/c1-6-4-7(9(19-6)10(14)15)18-5-8(13)12-2-3-17-11(12)16/h4H,2-3,5H2,1H3,(H,14,15). The molecule has 1 aromatic heterocycles. The van der Waals surface area contributed by atoms with E-state index >= 15 is 0 Å². The molecule has 0 unspecified atom stereocenters. The molecule has 0 aromatic carbocycles. The lowest BCUT2D eigenvalue weighted by atomic mass is 10.4. The number of nitrogens with zero attached hydrogens (tertiary/aromatic N) is 1. The molecule has 1 aliphatic rings. The maximum Gasteiger partial charge on any atom is 0.416 e. The van der Waals surface area contributed by atoms with Crippen molar-refractivity contribution in [1.82, 2.24) is 4.90 Å². The third-order valence-electron chi connectivity index (χ3n) is 2.43. The fourth-order valence-electron chi connectivity index (χ4n) is 1.58. The molecule has 1 N–H and O–H groups in total. The highest BCUT2D eigenvalue weighted by Crippen LogP contribution is 2.28. The van der Waals surface area contributed by atoms with Crippen LogP contribution in [-0.4, -0.2) is 47.7 Å². The Morgan fingerprint density at radius 2 is 2.32 bits per heavy atom. The van der Waals surface area contributed by atoms with Gasteiger partial charge in [0.05, 0.1) is 6.54 Å². The van der Waals surface area contributed by atoms with Crippen molar-refractivity contribution in [2.45, 2.75) is 6.92 Å². The average molecular weight is 285 g/mol. The van der Waals surface area contributed by atoms with Gasteiger partial charge in [-0.1, -0.05) is 0 Å². The van der Waals surface area contributed by atoms with Crippen molar-refractivity contribution in [3.05, 3.63) is 15.8 Å². The summed E-state index contributed by atoms with van der Waals surface area (Å²) in [5, 5.41) is 8.96. The Bertz CT molecular complexity index is 537. The highest BCUT2D eigenvalue weighted by Gasteiger charge is 2.29. The number of carbonyl (C=O) groups is 3. The molecule has 1 aromatic rings. The molecule has 1 fully saturated rings. The van der Waals surface area contributed by atoms with Gasteiger partial charge in [-0.15, -0.1) is 11.3 Å². The number of carboxylic acids is 1. The van der Waals surface area contributed by atoms with E-state index in [-0.39, 0.29) is 23.8 Å². The first-order valence-corrected chi connectivity index (χ1v) is 6.24. The number of rotatable bonds is 4. The molecule has 2 amide bonds. The van der Waals surface area contributed by atoms with Crippen molar-refractivity contribution in [1.29, 1.82) is 0 Å². The summed E-state index contributed by atoms with van der Waals surface area (Å²) >= 11 is 1.07. The number of thiophene rings is 1. The van der Waals surface area contributed by atoms with E-state index in [0.717, 1.165) is 21.1 Å². The van der Waals surface area contributed by atoms with Crippen LogP contribution < -0.4 is 4.74 Å². The van der Waals surface area contributed by atoms with E-state index in [4.69, 9.17) is 9.84 Å². The fraction of sp³-hybridized carbons (Fsp3) is 0.364. The van der Waals surface area contributed by atoms with Gasteiger partial charge in [0.1, 0.15) is 12.4 Å². The Morgan fingerprint density at radius 3 is 2.89 bits per heavy atom. The molecule has 0 aliphatic carbocycles. The molecule has 19 heavy (non-hydrogen) atoms. The van der Waals surface area contributed by atoms with E-state index in [9.17, 15) is 14.4 Å². The molecule has 8 heteroatoms. The third kappa shape index (κ3) is 2.84. The second-order valence-corrected chi connectivity index (χ2v) is 5.06. The summed E-state index contributed by atoms with van der Waals surface area (Å²) in [6.45, 7) is 1.70. The van der Waals surface area contributed by atoms with E-state index in [2.05, 4.69) is 4.74 Å². The molecular weight excluding hydrogens is 274 g/mol. The Morgan fingerprint density at radius 1 is 1.58 bits per heavy atom. The van der Waals surface area contributed by atoms with Crippen molar-refractivity contribution < 1.29 is 29.0 Å². The van der Waals surface area contributed by atoms with Crippen LogP contribution in [-0.2, 0) is 9.53 Å². The van der Waals surface area contributed by atoms with Gasteiger partial charge in [0, 0.05) is 4.88 Å². The van der Waals surface area contributed by atoms with Crippen LogP contribution in [0.1, 0.15) is 14.5 Å². The molecule has 102 valence electrons. The lowest BCUT2D eigenvalue weighted by Crippen LogP contribution is -2.35. The van der Waals surface area contributed by atoms with Crippen LogP contribution in [0.15, 0.2) is 6.07 Å². The Hall–Kier alpha value is -2.09. The molecule has 0 saturated carbocycles. The smallest absolute Gasteiger partial charge is 0.416 e. The number of cyclic esters (lactones) is 1. The predicted octanol–water partition coefficient (Wildman–Crippen LogP) is 1.11. The maximum atomic E-state index is 11.7. The van der Waals surface area contributed by atoms with Gasteiger partial charge in [0.25, 0.3) is 5.91 Å². The summed E-state index contributed by atoms with van der Waals surface area (Å²) < 4.78 is 9.80. The number of ether oxygens (including phenoxy) is 2. The molecule has 0 spiro atoms. The summed E-state index contributed by atoms with van der Waals surface area (Å²) in [5.41, 5.74) is 0. The largest absolute Gasteiger partial charge is 0.482 e. The van der Waals surface area contributed by atoms with Crippen LogP contribution in [0.25, 0.3) is 0 Å². The number of hydrogen-bond acceptors (Lipinski definition) is 6. The number of imide groups is 1. The number of amides is 2. The monoisotopic (exact) mass is 285 g/mol. The summed E-state index contributed by atoms with van der Waals surface area (Å²) in [6.07, 6.45) is -0.700. The van der Waals surface area contributed by atoms with Crippen LogP contribution in [0, 0.1) is 6.92 Å². The number of aryl methyl sites for hydroxylation is 1. The molecule has 7 nitrogen and oxygen atoms in total. The van der Waals surface area contributed by atoms with Crippen LogP contribution in [0.2, 0.25) is 0 Å². The topological polar surface area (TPSA) is 93.1 Å². The van der Waals surface area contributed by atoms with E-state index < -0.39 is 24.6 Å². The van der Waals surface area contributed by atoms with Gasteiger partial charge < -0.3 is 14.6 Å². The molecule has 2 rings (SSSR count). The van der Waals surface area contributed by atoms with Gasteiger partial charge in [-0.2, -0.15) is 0 Å². The number of carboxylic acid groups (broad SMARTS) is 1. The second-order valence-electron chi connectivity index (χ2n) is 3.80. The van der Waals surface area contributed by atoms with Crippen LogP contribution in [0.3, 0.4) is 0 Å². The summed E-state index contributed by atoms with van der Waals surface area (Å²) in [6, 6.07) is 1.55. The van der Waals surface area contributed by atoms with Crippen LogP contribution in [0.4, 0.5) is 4.79 Å². The molecule has 2 heterocycles. The lowest BCUT2D eigenvalue weighted by Gasteiger charge is -2.11. The summed E-state index contributed by atoms with van der Waals surface area (Å²) in [7, 11) is 0. The number of hydrogen-bond donors (Lipinski definition) is 1. The van der Waals surface area contributed by atoms with Crippen molar-refractivity contribution in [3.8, 4) is 5.75 Å². The molecular formula is C11H11NO6S. The zero-order chi connectivity index (χ0) is 14.0. The van der Waals surface area contributed by atoms with Crippen molar-refractivity contribution >= 4 is 29.3 Å². The zero-order valence-electron chi connectivity index (χ0n) is 10.0. The number of aromatic carboxylic acids is 1. The minimum Gasteiger partial charge on any atom is -0.482 e. The van der Waals surface area contributed by atoms with Gasteiger partial charge in [-0.05, 0) is 13.0 Å². The first-order valence-electron chi connectivity index (χ1n) is 5.42. The van der Waals surface area contributed by atoms with Gasteiger partial charge in [0.2, 0.25) is 0 Å². The van der Waals surface area contributed by atoms with Crippen molar-refractivity contribution in [3.63, 3.8) is 0 Å². The third-order valence-corrected chi connectivity index (χ3v) is 3.45. The SMILES string of the molecule is Cc1cc(OCC(=O)N2CCOC2=O)c(C(=O)O)s1. The van der Waals surface area contributed by atoms with E-state index in [0.29, 0.717) is 0 Å². The lowest BCUT2D eigenvalue weighted by molar-refractivity contribution is -0.129. The first kappa shape index (κ1) is 13.3. The Kier molecular flexibility index (Phi) is 3.70. The van der Waals surface area contributed by atoms with Crippen molar-refractivity contribution in [2.75, 3.05) is 19.8 Å². The quantitative estimate of drug-likeness (QED) is 0.890. The zero-order valence-corrected chi connectivity index (χ0v) is 10.9. The van der Waals surface area contributed by atoms with Gasteiger partial charge >= 0.3 is 12.1 Å². The maximum absolute atomic E-state index is 11.7. The van der Waals surface area contributed by atoms with Crippen LogP contribution >= 0.6 is 11.3 Å². The molecule has 0 bridgehead atoms. The summed E-state index contributed by atoms with van der Waals surface area (Å²) in [4.78, 5) is 35.5. The van der Waals surface area contributed by atoms with E-state index in [1.165, 1.54) is 0 Å². The highest BCUT2D eigenvalue weighted by molar-refractivity contribution is 7.14. The molecule has 1 saturated heterocycles. The Balaban J connectivity index is 2.00. The Labute approximate surface area is 112 Å². The van der Waals surface area contributed by atoms with Gasteiger partial charge in [-0.25, -0.2) is 14.5 Å². The highest BCUT2D eigenvalue weighted by atomic mass is 32.1. The van der Waals surface area contributed by atoms with Crippen molar-refractivity contribution in [2.24, 2.45) is 0 Å². The fourth-order valence-corrected chi connectivity index (χ4v) is 2.38. The average Bonchev–Trinajstić information content (AvgIpc) is 2.92. The molecule has 0 atom stereocenters. The normalized spacial score (nSPS) is 14.4. The van der Waals surface area contributed by atoms with Gasteiger partial charge in [-0.3, -0.25) is 4.79 Å². The number of carbonyl (C=O) groups excluding carboxylic acids is 2. The minimum absolute atomic E-state index is 0.0364. The molecule has 0 radical (unpaired) electrons.